The fraction of sp³-hybridized carbons (Fsp3) is 0.467. The monoisotopic (exact) mass is 550 g/mol. The van der Waals surface area contributed by atoms with Crippen molar-refractivity contribution in [3.63, 3.8) is 0 Å². The van der Waals surface area contributed by atoms with E-state index >= 15 is 0 Å². The Bertz CT molecular complexity index is 1220. The average Bonchev–Trinajstić information content (AvgIpc) is 2.90. The van der Waals surface area contributed by atoms with E-state index in [-0.39, 0.29) is 6.42 Å². The summed E-state index contributed by atoms with van der Waals surface area (Å²) < 4.78 is 5.49. The van der Waals surface area contributed by atoms with Crippen LogP contribution in [0.15, 0.2) is 47.4 Å². The summed E-state index contributed by atoms with van der Waals surface area (Å²) >= 11 is 1.68. The SMILES string of the molecule is CCCSc1ccc(-c2ccc(C[C@H](NC(=O)[C@@H]3CCCCN3C(=O)OC(C)(C)C)C(N)=O)cc2)cc1C#N. The lowest BCUT2D eigenvalue weighted by molar-refractivity contribution is -0.131. The molecule has 3 N–H and O–H groups in total. The van der Waals surface area contributed by atoms with E-state index in [0.717, 1.165) is 46.6 Å². The number of hydrogen-bond donors (Lipinski definition) is 2. The van der Waals surface area contributed by atoms with Crippen LogP contribution in [-0.2, 0) is 20.7 Å². The van der Waals surface area contributed by atoms with Crippen molar-refractivity contribution in [1.82, 2.24) is 10.2 Å². The van der Waals surface area contributed by atoms with Gasteiger partial charge in [-0.3, -0.25) is 14.5 Å². The summed E-state index contributed by atoms with van der Waals surface area (Å²) in [5.41, 5.74) is 8.32. The van der Waals surface area contributed by atoms with Gasteiger partial charge in [-0.25, -0.2) is 4.79 Å². The summed E-state index contributed by atoms with van der Waals surface area (Å²) in [4.78, 5) is 40.6. The first-order valence-electron chi connectivity index (χ1n) is 13.4. The summed E-state index contributed by atoms with van der Waals surface area (Å²) in [5.74, 6) is -0.1000. The van der Waals surface area contributed by atoms with Gasteiger partial charge in [-0.1, -0.05) is 37.3 Å². The Kier molecular flexibility index (Phi) is 10.4. The first-order chi connectivity index (χ1) is 18.5. The Balaban J connectivity index is 1.70. The molecule has 0 bridgehead atoms. The molecule has 3 amide bonds. The summed E-state index contributed by atoms with van der Waals surface area (Å²) in [6, 6.07) is 14.1. The van der Waals surface area contributed by atoms with Gasteiger partial charge in [0.25, 0.3) is 0 Å². The Morgan fingerprint density at radius 3 is 2.46 bits per heavy atom. The summed E-state index contributed by atoms with van der Waals surface area (Å²) in [6.07, 6.45) is 2.79. The van der Waals surface area contributed by atoms with Crippen LogP contribution in [0.25, 0.3) is 11.1 Å². The quantitative estimate of drug-likeness (QED) is 0.422. The first-order valence-corrected chi connectivity index (χ1v) is 14.4. The van der Waals surface area contributed by atoms with Crippen LogP contribution in [0.4, 0.5) is 4.79 Å². The van der Waals surface area contributed by atoms with Crippen LogP contribution >= 0.6 is 11.8 Å². The molecular formula is C30H38N4O4S. The molecular weight excluding hydrogens is 512 g/mol. The van der Waals surface area contributed by atoms with Crippen molar-refractivity contribution >= 4 is 29.7 Å². The highest BCUT2D eigenvalue weighted by Gasteiger charge is 2.36. The topological polar surface area (TPSA) is 126 Å². The zero-order valence-electron chi connectivity index (χ0n) is 23.2. The maximum Gasteiger partial charge on any atom is 0.410 e. The van der Waals surface area contributed by atoms with Crippen LogP contribution in [0.5, 0.6) is 0 Å². The Labute approximate surface area is 235 Å². The number of nitrogens with one attached hydrogen (secondary N) is 1. The Hall–Kier alpha value is -3.51. The molecule has 3 rings (SSSR count). The van der Waals surface area contributed by atoms with Crippen LogP contribution in [-0.4, -0.2) is 52.8 Å². The highest BCUT2D eigenvalue weighted by Crippen LogP contribution is 2.29. The number of nitrogens with zero attached hydrogens (tertiary/aromatic N) is 2. The number of nitriles is 1. The van der Waals surface area contributed by atoms with Gasteiger partial charge in [-0.15, -0.1) is 11.8 Å². The van der Waals surface area contributed by atoms with Gasteiger partial charge in [-0.05, 0) is 81.0 Å². The van der Waals surface area contributed by atoms with Crippen LogP contribution in [0, 0.1) is 11.3 Å². The smallest absolute Gasteiger partial charge is 0.410 e. The summed E-state index contributed by atoms with van der Waals surface area (Å²) in [6.45, 7) is 7.87. The number of likely N-dealkylation sites (tertiary alicyclic amines) is 1. The minimum absolute atomic E-state index is 0.219. The van der Waals surface area contributed by atoms with E-state index in [4.69, 9.17) is 10.5 Å². The lowest BCUT2D eigenvalue weighted by Gasteiger charge is -2.36. The fourth-order valence-corrected chi connectivity index (χ4v) is 5.29. The van der Waals surface area contributed by atoms with E-state index in [1.54, 1.807) is 32.5 Å². The standard InChI is InChI=1S/C30H38N4O4S/c1-5-16-39-26-14-13-22(18-23(26)19-31)21-11-9-20(10-12-21)17-24(27(32)35)33-28(36)25-8-6-7-15-34(25)29(37)38-30(2,3)4/h9-14,18,24-25H,5-8,15-17H2,1-4H3,(H2,32,35)(H,33,36)/t24-,25-/m0/s1. The van der Waals surface area contributed by atoms with E-state index in [1.807, 2.05) is 42.5 Å². The second-order valence-electron chi connectivity index (χ2n) is 10.7. The van der Waals surface area contributed by atoms with Crippen molar-refractivity contribution in [1.29, 1.82) is 5.26 Å². The summed E-state index contributed by atoms with van der Waals surface area (Å²) in [5, 5.41) is 12.3. The third kappa shape index (κ3) is 8.49. The molecule has 8 nitrogen and oxygen atoms in total. The zero-order valence-corrected chi connectivity index (χ0v) is 24.0. The number of ether oxygens (including phenoxy) is 1. The highest BCUT2D eigenvalue weighted by atomic mass is 32.2. The van der Waals surface area contributed by atoms with Gasteiger partial charge in [0.2, 0.25) is 11.8 Å². The van der Waals surface area contributed by atoms with Gasteiger partial charge in [0.15, 0.2) is 0 Å². The molecule has 9 heteroatoms. The third-order valence-electron chi connectivity index (χ3n) is 6.38. The number of carbonyl (C=O) groups is 3. The van der Waals surface area contributed by atoms with Gasteiger partial charge in [-0.2, -0.15) is 5.26 Å². The number of piperidine rings is 1. The van der Waals surface area contributed by atoms with E-state index in [1.165, 1.54) is 4.90 Å². The molecule has 0 unspecified atom stereocenters. The minimum Gasteiger partial charge on any atom is -0.444 e. The molecule has 0 aliphatic carbocycles. The molecule has 39 heavy (non-hydrogen) atoms. The average molecular weight is 551 g/mol. The third-order valence-corrected chi connectivity index (χ3v) is 7.66. The predicted molar refractivity (Wildman–Crippen MR) is 153 cm³/mol. The maximum absolute atomic E-state index is 13.2. The molecule has 1 fully saturated rings. The first kappa shape index (κ1) is 30.0. The van der Waals surface area contributed by atoms with Crippen LogP contribution < -0.4 is 11.1 Å². The maximum atomic E-state index is 13.2. The predicted octanol–water partition coefficient (Wildman–Crippen LogP) is 5.03. The van der Waals surface area contributed by atoms with E-state index in [2.05, 4.69) is 18.3 Å². The van der Waals surface area contributed by atoms with Gasteiger partial charge < -0.3 is 15.8 Å². The molecule has 0 radical (unpaired) electrons. The Morgan fingerprint density at radius 1 is 1.15 bits per heavy atom. The highest BCUT2D eigenvalue weighted by molar-refractivity contribution is 7.99. The number of thioether (sulfide) groups is 1. The van der Waals surface area contributed by atoms with Crippen molar-refractivity contribution in [3.8, 4) is 17.2 Å². The number of benzene rings is 2. The van der Waals surface area contributed by atoms with E-state index < -0.39 is 35.6 Å². The molecule has 1 heterocycles. The number of carbonyl (C=O) groups excluding carboxylic acids is 3. The molecule has 2 aromatic rings. The number of hydrogen-bond acceptors (Lipinski definition) is 6. The Morgan fingerprint density at radius 2 is 1.85 bits per heavy atom. The number of primary amides is 1. The lowest BCUT2D eigenvalue weighted by Crippen LogP contribution is -2.56. The normalized spacial score (nSPS) is 16.2. The molecule has 208 valence electrons. The van der Waals surface area contributed by atoms with Crippen LogP contribution in [0.3, 0.4) is 0 Å². The molecule has 0 spiro atoms. The van der Waals surface area contributed by atoms with Gasteiger partial charge >= 0.3 is 6.09 Å². The largest absolute Gasteiger partial charge is 0.444 e. The second-order valence-corrected chi connectivity index (χ2v) is 11.9. The number of rotatable bonds is 9. The number of amides is 3. The molecule has 1 aliphatic heterocycles. The molecule has 1 aliphatic rings. The van der Waals surface area contributed by atoms with E-state index in [0.29, 0.717) is 18.5 Å². The van der Waals surface area contributed by atoms with Gasteiger partial charge in [0.05, 0.1) is 5.56 Å². The second kappa shape index (κ2) is 13.5. The van der Waals surface area contributed by atoms with Crippen molar-refractivity contribution < 1.29 is 19.1 Å². The van der Waals surface area contributed by atoms with Crippen molar-refractivity contribution in [3.05, 3.63) is 53.6 Å². The molecule has 1 saturated heterocycles. The molecule has 2 atom stereocenters. The lowest BCUT2D eigenvalue weighted by atomic mass is 9.98. The minimum atomic E-state index is -0.925. The molecule has 2 aromatic carbocycles. The van der Waals surface area contributed by atoms with Gasteiger partial charge in [0, 0.05) is 17.9 Å². The molecule has 0 saturated carbocycles. The van der Waals surface area contributed by atoms with Crippen molar-refractivity contribution in [2.75, 3.05) is 12.3 Å². The molecule has 0 aromatic heterocycles. The number of nitrogens with two attached hydrogens (primary N) is 1. The van der Waals surface area contributed by atoms with E-state index in [9.17, 15) is 19.6 Å². The zero-order chi connectivity index (χ0) is 28.6. The van der Waals surface area contributed by atoms with Crippen LogP contribution in [0.1, 0.15) is 64.5 Å². The summed E-state index contributed by atoms with van der Waals surface area (Å²) in [7, 11) is 0. The van der Waals surface area contributed by atoms with Crippen LogP contribution in [0.2, 0.25) is 0 Å². The van der Waals surface area contributed by atoms with Crippen molar-refractivity contribution in [2.45, 2.75) is 82.4 Å². The van der Waals surface area contributed by atoms with Gasteiger partial charge in [0.1, 0.15) is 23.8 Å². The van der Waals surface area contributed by atoms with Crippen molar-refractivity contribution in [2.24, 2.45) is 5.73 Å². The fourth-order valence-electron chi connectivity index (χ4n) is 4.44.